The molecule has 3 fully saturated rings. The number of likely N-dealkylation sites (tertiary alicyclic amines) is 1. The van der Waals surface area contributed by atoms with Crippen molar-refractivity contribution < 1.29 is 4.79 Å². The van der Waals surface area contributed by atoms with Crippen LogP contribution in [0.2, 0.25) is 0 Å². The highest BCUT2D eigenvalue weighted by Gasteiger charge is 2.49. The van der Waals surface area contributed by atoms with E-state index in [1.54, 1.807) is 0 Å². The van der Waals surface area contributed by atoms with Gasteiger partial charge in [-0.25, -0.2) is 0 Å². The van der Waals surface area contributed by atoms with Crippen LogP contribution in [-0.4, -0.2) is 37.0 Å². The molecule has 3 aliphatic rings. The Morgan fingerprint density at radius 1 is 1.11 bits per heavy atom. The molecule has 0 aromatic rings. The lowest BCUT2D eigenvalue weighted by Gasteiger charge is -2.33. The van der Waals surface area contributed by atoms with E-state index in [0.717, 1.165) is 31.3 Å². The minimum atomic E-state index is 0.388. The van der Waals surface area contributed by atoms with Gasteiger partial charge in [0.2, 0.25) is 5.91 Å². The molecule has 108 valence electrons. The number of amides is 1. The van der Waals surface area contributed by atoms with Gasteiger partial charge in [0.05, 0.1) is 0 Å². The second-order valence-corrected chi connectivity index (χ2v) is 6.82. The summed E-state index contributed by atoms with van der Waals surface area (Å²) >= 11 is 0. The van der Waals surface area contributed by atoms with Gasteiger partial charge in [0.15, 0.2) is 0 Å². The van der Waals surface area contributed by atoms with Crippen molar-refractivity contribution in [3.8, 4) is 0 Å². The van der Waals surface area contributed by atoms with Gasteiger partial charge in [-0.05, 0) is 38.1 Å². The van der Waals surface area contributed by atoms with Crippen LogP contribution >= 0.6 is 0 Å². The lowest BCUT2D eigenvalue weighted by atomic mass is 9.85. The molecule has 0 aromatic heterocycles. The molecular formula is C16H28N2O. The molecule has 0 spiro atoms. The molecule has 1 heterocycles. The maximum absolute atomic E-state index is 12.6. The second kappa shape index (κ2) is 5.82. The SMILES string of the molecule is CNC1CCCN(C(=O)C2CC2C2CCCCC2)C1. The van der Waals surface area contributed by atoms with E-state index in [2.05, 4.69) is 10.2 Å². The lowest BCUT2D eigenvalue weighted by Crippen LogP contribution is -2.47. The van der Waals surface area contributed by atoms with E-state index in [1.165, 1.54) is 44.9 Å². The van der Waals surface area contributed by atoms with E-state index in [-0.39, 0.29) is 0 Å². The van der Waals surface area contributed by atoms with Crippen molar-refractivity contribution in [2.75, 3.05) is 20.1 Å². The Kier molecular flexibility index (Phi) is 4.11. The normalized spacial score (nSPS) is 36.3. The van der Waals surface area contributed by atoms with Crippen LogP contribution in [0.1, 0.15) is 51.4 Å². The fraction of sp³-hybridized carbons (Fsp3) is 0.938. The molecule has 2 saturated carbocycles. The molecular weight excluding hydrogens is 236 g/mol. The van der Waals surface area contributed by atoms with Gasteiger partial charge in [-0.3, -0.25) is 4.79 Å². The van der Waals surface area contributed by atoms with Crippen LogP contribution in [0.25, 0.3) is 0 Å². The van der Waals surface area contributed by atoms with Crippen LogP contribution in [0.15, 0.2) is 0 Å². The van der Waals surface area contributed by atoms with E-state index in [0.29, 0.717) is 17.9 Å². The van der Waals surface area contributed by atoms with Crippen molar-refractivity contribution >= 4 is 5.91 Å². The van der Waals surface area contributed by atoms with Crippen molar-refractivity contribution in [2.45, 2.75) is 57.4 Å². The predicted octanol–water partition coefficient (Wildman–Crippen LogP) is 2.41. The number of carbonyl (C=O) groups excluding carboxylic acids is 1. The molecule has 3 nitrogen and oxygen atoms in total. The molecule has 3 rings (SSSR count). The summed E-state index contributed by atoms with van der Waals surface area (Å²) in [5, 5.41) is 3.33. The van der Waals surface area contributed by atoms with Gasteiger partial charge in [-0.1, -0.05) is 32.1 Å². The summed E-state index contributed by atoms with van der Waals surface area (Å²) in [5.74, 6) is 2.46. The highest BCUT2D eigenvalue weighted by atomic mass is 16.2. The van der Waals surface area contributed by atoms with Crippen molar-refractivity contribution in [3.05, 3.63) is 0 Å². The smallest absolute Gasteiger partial charge is 0.226 e. The third kappa shape index (κ3) is 2.96. The topological polar surface area (TPSA) is 32.3 Å². The zero-order valence-electron chi connectivity index (χ0n) is 12.2. The summed E-state index contributed by atoms with van der Waals surface area (Å²) in [7, 11) is 2.01. The molecule has 1 saturated heterocycles. The third-order valence-electron chi connectivity index (χ3n) is 5.55. The van der Waals surface area contributed by atoms with Crippen LogP contribution < -0.4 is 5.32 Å². The van der Waals surface area contributed by atoms with Gasteiger partial charge < -0.3 is 10.2 Å². The Morgan fingerprint density at radius 3 is 2.63 bits per heavy atom. The van der Waals surface area contributed by atoms with Gasteiger partial charge >= 0.3 is 0 Å². The average Bonchev–Trinajstić information content (AvgIpc) is 3.28. The maximum Gasteiger partial charge on any atom is 0.226 e. The Labute approximate surface area is 117 Å². The minimum Gasteiger partial charge on any atom is -0.341 e. The first-order chi connectivity index (χ1) is 9.29. The minimum absolute atomic E-state index is 0.388. The molecule has 3 unspecified atom stereocenters. The molecule has 0 bridgehead atoms. The highest BCUT2D eigenvalue weighted by molar-refractivity contribution is 5.81. The molecule has 3 atom stereocenters. The summed E-state index contributed by atoms with van der Waals surface area (Å²) < 4.78 is 0. The summed E-state index contributed by atoms with van der Waals surface area (Å²) in [4.78, 5) is 14.7. The van der Waals surface area contributed by atoms with E-state index in [1.807, 2.05) is 7.05 Å². The maximum atomic E-state index is 12.6. The van der Waals surface area contributed by atoms with Gasteiger partial charge in [0, 0.05) is 25.0 Å². The zero-order chi connectivity index (χ0) is 13.2. The van der Waals surface area contributed by atoms with Crippen LogP contribution in [0.3, 0.4) is 0 Å². The fourth-order valence-corrected chi connectivity index (χ4v) is 4.23. The predicted molar refractivity (Wildman–Crippen MR) is 76.8 cm³/mol. The average molecular weight is 264 g/mol. The van der Waals surface area contributed by atoms with E-state index < -0.39 is 0 Å². The molecule has 0 radical (unpaired) electrons. The van der Waals surface area contributed by atoms with Crippen LogP contribution in [0.5, 0.6) is 0 Å². The first kappa shape index (κ1) is 13.4. The van der Waals surface area contributed by atoms with Gasteiger partial charge in [-0.15, -0.1) is 0 Å². The number of piperidine rings is 1. The molecule has 19 heavy (non-hydrogen) atoms. The molecule has 3 heteroatoms. The van der Waals surface area contributed by atoms with Gasteiger partial charge in [-0.2, -0.15) is 0 Å². The van der Waals surface area contributed by atoms with Crippen LogP contribution in [0, 0.1) is 17.8 Å². The fourth-order valence-electron chi connectivity index (χ4n) is 4.23. The second-order valence-electron chi connectivity index (χ2n) is 6.82. The Bertz CT molecular complexity index is 325. The van der Waals surface area contributed by atoms with Crippen LogP contribution in [0.4, 0.5) is 0 Å². The van der Waals surface area contributed by atoms with Crippen molar-refractivity contribution in [1.29, 1.82) is 0 Å². The third-order valence-corrected chi connectivity index (χ3v) is 5.55. The quantitative estimate of drug-likeness (QED) is 0.849. The molecule has 1 aliphatic heterocycles. The first-order valence-electron chi connectivity index (χ1n) is 8.25. The molecule has 0 aromatic carbocycles. The summed E-state index contributed by atoms with van der Waals surface area (Å²) in [6.45, 7) is 1.92. The van der Waals surface area contributed by atoms with E-state index >= 15 is 0 Å². The molecule has 1 amide bonds. The Morgan fingerprint density at radius 2 is 1.89 bits per heavy atom. The van der Waals surface area contributed by atoms with E-state index in [4.69, 9.17) is 0 Å². The lowest BCUT2D eigenvalue weighted by molar-refractivity contribution is -0.134. The first-order valence-corrected chi connectivity index (χ1v) is 8.25. The summed E-state index contributed by atoms with van der Waals surface area (Å²) in [5.41, 5.74) is 0. The molecule has 2 aliphatic carbocycles. The number of nitrogens with zero attached hydrogens (tertiary/aromatic N) is 1. The number of carbonyl (C=O) groups is 1. The number of nitrogens with one attached hydrogen (secondary N) is 1. The molecule has 1 N–H and O–H groups in total. The largest absolute Gasteiger partial charge is 0.341 e. The monoisotopic (exact) mass is 264 g/mol. The van der Waals surface area contributed by atoms with Crippen molar-refractivity contribution in [3.63, 3.8) is 0 Å². The van der Waals surface area contributed by atoms with E-state index in [9.17, 15) is 4.79 Å². The van der Waals surface area contributed by atoms with Gasteiger partial charge in [0.1, 0.15) is 0 Å². The number of likely N-dealkylation sites (N-methyl/N-ethyl adjacent to an activating group) is 1. The van der Waals surface area contributed by atoms with Crippen molar-refractivity contribution in [2.24, 2.45) is 17.8 Å². The number of rotatable bonds is 3. The Hall–Kier alpha value is -0.570. The Balaban J connectivity index is 1.51. The van der Waals surface area contributed by atoms with Crippen molar-refractivity contribution in [1.82, 2.24) is 10.2 Å². The van der Waals surface area contributed by atoms with Crippen LogP contribution in [-0.2, 0) is 4.79 Å². The number of hydrogen-bond acceptors (Lipinski definition) is 2. The number of hydrogen-bond donors (Lipinski definition) is 1. The van der Waals surface area contributed by atoms with Gasteiger partial charge in [0.25, 0.3) is 0 Å². The zero-order valence-corrected chi connectivity index (χ0v) is 12.2. The summed E-state index contributed by atoms with van der Waals surface area (Å²) in [6.07, 6.45) is 10.5. The summed E-state index contributed by atoms with van der Waals surface area (Å²) in [6, 6.07) is 0.518. The highest BCUT2D eigenvalue weighted by Crippen LogP contribution is 2.50. The standard InChI is InChI=1S/C16H28N2O/c1-17-13-8-5-9-18(11-13)16(19)15-10-14(15)12-6-3-2-4-7-12/h12-15,17H,2-11H2,1H3.